The summed E-state index contributed by atoms with van der Waals surface area (Å²) < 4.78 is 12.6. The predicted molar refractivity (Wildman–Crippen MR) is 243 cm³/mol. The lowest BCUT2D eigenvalue weighted by Crippen LogP contribution is -2.10. The van der Waals surface area contributed by atoms with E-state index in [9.17, 15) is 0 Å². The van der Waals surface area contributed by atoms with Crippen LogP contribution in [0, 0.1) is 0 Å². The first-order chi connectivity index (χ1) is 29.2. The van der Waals surface area contributed by atoms with E-state index >= 15 is 0 Å². The summed E-state index contributed by atoms with van der Waals surface area (Å²) in [5, 5.41) is 2.04. The molecule has 0 aliphatic heterocycles. The van der Waals surface area contributed by atoms with Gasteiger partial charge in [0.25, 0.3) is 0 Å². The Labute approximate surface area is 341 Å². The number of benzene rings is 9. The minimum atomic E-state index is 0.601. The fourth-order valence-corrected chi connectivity index (χ4v) is 8.08. The van der Waals surface area contributed by atoms with Crippen LogP contribution < -0.4 is 4.90 Å². The van der Waals surface area contributed by atoms with Crippen LogP contribution in [0.2, 0.25) is 0 Å². The zero-order chi connectivity index (χ0) is 39.1. The molecule has 11 aromatic rings. The highest BCUT2D eigenvalue weighted by Crippen LogP contribution is 2.40. The summed E-state index contributed by atoms with van der Waals surface area (Å²) in [5.74, 6) is 0.601. The lowest BCUT2D eigenvalue weighted by atomic mass is 9.99. The summed E-state index contributed by atoms with van der Waals surface area (Å²) in [6.45, 7) is 0. The van der Waals surface area contributed by atoms with E-state index in [-0.39, 0.29) is 0 Å². The summed E-state index contributed by atoms with van der Waals surface area (Å²) in [6.07, 6.45) is 0. The van der Waals surface area contributed by atoms with Crippen LogP contribution in [-0.4, -0.2) is 4.98 Å². The summed E-state index contributed by atoms with van der Waals surface area (Å²) in [5.41, 5.74) is 16.7. The molecule has 0 spiro atoms. The van der Waals surface area contributed by atoms with Crippen molar-refractivity contribution in [2.45, 2.75) is 0 Å². The first-order valence-corrected chi connectivity index (χ1v) is 19.8. The van der Waals surface area contributed by atoms with Crippen molar-refractivity contribution in [3.63, 3.8) is 0 Å². The normalized spacial score (nSPS) is 11.4. The van der Waals surface area contributed by atoms with Gasteiger partial charge < -0.3 is 13.7 Å². The largest absolute Gasteiger partial charge is 0.456 e. The smallest absolute Gasteiger partial charge is 0.227 e. The Kier molecular flexibility index (Phi) is 8.45. The van der Waals surface area contributed by atoms with Gasteiger partial charge in [-0.05, 0) is 111 Å². The number of rotatable bonds is 8. The van der Waals surface area contributed by atoms with E-state index in [1.165, 1.54) is 33.4 Å². The number of oxazole rings is 1. The zero-order valence-electron chi connectivity index (χ0n) is 32.0. The van der Waals surface area contributed by atoms with Crippen molar-refractivity contribution in [1.82, 2.24) is 4.98 Å². The first kappa shape index (κ1) is 34.3. The average Bonchev–Trinajstić information content (AvgIpc) is 3.90. The third kappa shape index (κ3) is 6.53. The highest BCUT2D eigenvalue weighted by atomic mass is 16.4. The van der Waals surface area contributed by atoms with E-state index in [4.69, 9.17) is 13.8 Å². The van der Waals surface area contributed by atoms with Crippen LogP contribution in [0.5, 0.6) is 0 Å². The molecular weight excluding hydrogens is 721 g/mol. The van der Waals surface area contributed by atoms with Gasteiger partial charge in [-0.1, -0.05) is 146 Å². The second kappa shape index (κ2) is 14.5. The minimum absolute atomic E-state index is 0.601. The second-order valence-electron chi connectivity index (χ2n) is 14.8. The summed E-state index contributed by atoms with van der Waals surface area (Å²) in [7, 11) is 0. The SMILES string of the molecule is c1ccc(-c2ccc(-c3ccc(N(c4ccc(-c5ccc6oc7cc8nc(-c9ccccc9)oc8cc7c6c5)cc4)c4cccc(-c5ccccc5)c4)cc3)cc2)cc1. The lowest BCUT2D eigenvalue weighted by Gasteiger charge is -2.26. The molecule has 278 valence electrons. The number of hydrogen-bond acceptors (Lipinski definition) is 4. The van der Waals surface area contributed by atoms with Gasteiger partial charge in [0.1, 0.15) is 16.7 Å². The Balaban J connectivity index is 0.939. The van der Waals surface area contributed by atoms with Crippen molar-refractivity contribution in [1.29, 1.82) is 0 Å². The standard InChI is InChI=1S/C55H36N2O2/c1-4-11-37(12-5-1)39-19-21-40(22-20-39)41-23-28-46(29-24-41)57(48-18-10-17-44(33-48)38-13-6-2-7-14-38)47-30-25-42(26-31-47)45-27-32-52-49(34-45)50-35-54-51(36-53(50)58-52)56-55(59-54)43-15-8-3-9-16-43/h1-36H. The molecule has 11 rings (SSSR count). The number of hydrogen-bond donors (Lipinski definition) is 0. The molecule has 9 aromatic carbocycles. The molecule has 4 heteroatoms. The van der Waals surface area contributed by atoms with Crippen molar-refractivity contribution in [3.05, 3.63) is 218 Å². The number of anilines is 3. The Morgan fingerprint density at radius 1 is 0.288 bits per heavy atom. The molecule has 0 saturated heterocycles. The van der Waals surface area contributed by atoms with Crippen LogP contribution in [0.4, 0.5) is 17.1 Å². The second-order valence-corrected chi connectivity index (χ2v) is 14.8. The molecule has 59 heavy (non-hydrogen) atoms. The third-order valence-corrected chi connectivity index (χ3v) is 11.1. The molecule has 2 heterocycles. The Bertz CT molecular complexity index is 3220. The van der Waals surface area contributed by atoms with Crippen LogP contribution in [0.15, 0.2) is 227 Å². The molecule has 0 bridgehead atoms. The van der Waals surface area contributed by atoms with E-state index in [1.807, 2.05) is 36.4 Å². The molecule has 0 amide bonds. The number of nitrogens with zero attached hydrogens (tertiary/aromatic N) is 2. The van der Waals surface area contributed by atoms with Gasteiger partial charge in [0.05, 0.1) is 0 Å². The maximum atomic E-state index is 6.33. The van der Waals surface area contributed by atoms with Crippen molar-refractivity contribution >= 4 is 50.1 Å². The molecule has 0 radical (unpaired) electrons. The van der Waals surface area contributed by atoms with Crippen LogP contribution in [0.3, 0.4) is 0 Å². The van der Waals surface area contributed by atoms with E-state index in [1.54, 1.807) is 0 Å². The van der Waals surface area contributed by atoms with Crippen molar-refractivity contribution < 1.29 is 8.83 Å². The quantitative estimate of drug-likeness (QED) is 0.155. The van der Waals surface area contributed by atoms with Crippen LogP contribution >= 0.6 is 0 Å². The highest BCUT2D eigenvalue weighted by Gasteiger charge is 2.17. The summed E-state index contributed by atoms with van der Waals surface area (Å²) in [6, 6.07) is 76.7. The maximum absolute atomic E-state index is 6.33. The van der Waals surface area contributed by atoms with Gasteiger partial charge in [0.15, 0.2) is 5.58 Å². The monoisotopic (exact) mass is 756 g/mol. The van der Waals surface area contributed by atoms with Crippen molar-refractivity contribution in [2.24, 2.45) is 0 Å². The number of furan rings is 1. The Morgan fingerprint density at radius 3 is 1.36 bits per heavy atom. The maximum Gasteiger partial charge on any atom is 0.227 e. The number of aromatic nitrogens is 1. The highest BCUT2D eigenvalue weighted by molar-refractivity contribution is 6.10. The van der Waals surface area contributed by atoms with Gasteiger partial charge >= 0.3 is 0 Å². The topological polar surface area (TPSA) is 42.4 Å². The van der Waals surface area contributed by atoms with Gasteiger partial charge in [0.2, 0.25) is 5.89 Å². The molecule has 2 aromatic heterocycles. The van der Waals surface area contributed by atoms with Gasteiger partial charge in [-0.3, -0.25) is 0 Å². The van der Waals surface area contributed by atoms with Crippen LogP contribution in [0.25, 0.3) is 89.0 Å². The molecule has 0 fully saturated rings. The fraction of sp³-hybridized carbons (Fsp3) is 0. The van der Waals surface area contributed by atoms with Crippen molar-refractivity contribution in [2.75, 3.05) is 4.90 Å². The molecule has 4 nitrogen and oxygen atoms in total. The van der Waals surface area contributed by atoms with Crippen LogP contribution in [0.1, 0.15) is 0 Å². The minimum Gasteiger partial charge on any atom is -0.456 e. The Hall–Kier alpha value is -7.95. The van der Waals surface area contributed by atoms with Crippen molar-refractivity contribution in [3.8, 4) is 56.0 Å². The zero-order valence-corrected chi connectivity index (χ0v) is 32.0. The molecule has 0 atom stereocenters. The molecule has 0 aliphatic rings. The molecule has 0 saturated carbocycles. The van der Waals surface area contributed by atoms with Gasteiger partial charge in [-0.2, -0.15) is 0 Å². The summed E-state index contributed by atoms with van der Waals surface area (Å²) in [4.78, 5) is 7.09. The van der Waals surface area contributed by atoms with Gasteiger partial charge in [-0.25, -0.2) is 4.98 Å². The van der Waals surface area contributed by atoms with Gasteiger partial charge in [0, 0.05) is 39.5 Å². The van der Waals surface area contributed by atoms with E-state index in [0.717, 1.165) is 66.8 Å². The summed E-state index contributed by atoms with van der Waals surface area (Å²) >= 11 is 0. The molecule has 0 N–H and O–H groups in total. The third-order valence-electron chi connectivity index (χ3n) is 11.1. The lowest BCUT2D eigenvalue weighted by molar-refractivity contribution is 0.620. The van der Waals surface area contributed by atoms with Crippen LogP contribution in [-0.2, 0) is 0 Å². The molecule has 0 aliphatic carbocycles. The van der Waals surface area contributed by atoms with E-state index < -0.39 is 0 Å². The molecule has 0 unspecified atom stereocenters. The first-order valence-electron chi connectivity index (χ1n) is 19.8. The number of fused-ring (bicyclic) bond motifs is 4. The average molecular weight is 757 g/mol. The molecular formula is C55H36N2O2. The fourth-order valence-electron chi connectivity index (χ4n) is 8.08. The Morgan fingerprint density at radius 2 is 0.746 bits per heavy atom. The predicted octanol–water partition coefficient (Wildman–Crippen LogP) is 15.5. The van der Waals surface area contributed by atoms with E-state index in [2.05, 4.69) is 187 Å². The van der Waals surface area contributed by atoms with Gasteiger partial charge in [-0.15, -0.1) is 0 Å². The van der Waals surface area contributed by atoms with E-state index in [0.29, 0.717) is 5.89 Å².